The molecule has 0 bridgehead atoms. The van der Waals surface area contributed by atoms with Crippen LogP contribution in [0.2, 0.25) is 0 Å². The van der Waals surface area contributed by atoms with Gasteiger partial charge < -0.3 is 5.32 Å². The second-order valence-electron chi connectivity index (χ2n) is 6.76. The summed E-state index contributed by atoms with van der Waals surface area (Å²) in [6, 6.07) is 19.8. The van der Waals surface area contributed by atoms with E-state index in [9.17, 15) is 0 Å². The Morgan fingerprint density at radius 1 is 1.04 bits per heavy atom. The molecule has 0 saturated carbocycles. The van der Waals surface area contributed by atoms with Crippen molar-refractivity contribution in [3.8, 4) is 11.3 Å². The van der Waals surface area contributed by atoms with E-state index in [-0.39, 0.29) is 0 Å². The van der Waals surface area contributed by atoms with Crippen molar-refractivity contribution in [2.24, 2.45) is 0 Å². The smallest absolute Gasteiger partial charge is 0.0929 e. The fourth-order valence-electron chi connectivity index (χ4n) is 3.87. The van der Waals surface area contributed by atoms with Gasteiger partial charge in [-0.05, 0) is 70.8 Å². The SMILES string of the molecule is c1cnnc(-c2ccc3c(c2)CNCCC3c2ccc3ccsc3c2)c1. The fraction of sp³-hybridized carbons (Fsp3) is 0.182. The topological polar surface area (TPSA) is 37.8 Å². The van der Waals surface area contributed by atoms with E-state index >= 15 is 0 Å². The molecule has 26 heavy (non-hydrogen) atoms. The first-order valence-electron chi connectivity index (χ1n) is 8.97. The normalized spacial score (nSPS) is 17.0. The van der Waals surface area contributed by atoms with Gasteiger partial charge in [0.05, 0.1) is 5.69 Å². The van der Waals surface area contributed by atoms with Crippen LogP contribution in [0.15, 0.2) is 66.2 Å². The largest absolute Gasteiger partial charge is 0.313 e. The number of fused-ring (bicyclic) bond motifs is 2. The van der Waals surface area contributed by atoms with E-state index in [0.29, 0.717) is 5.92 Å². The summed E-state index contributed by atoms with van der Waals surface area (Å²) in [6.07, 6.45) is 2.83. The van der Waals surface area contributed by atoms with Gasteiger partial charge in [0.15, 0.2) is 0 Å². The predicted octanol–water partition coefficient (Wildman–Crippen LogP) is 4.98. The van der Waals surface area contributed by atoms with Crippen molar-refractivity contribution in [2.45, 2.75) is 18.9 Å². The molecule has 128 valence electrons. The Kier molecular flexibility index (Phi) is 4.00. The summed E-state index contributed by atoms with van der Waals surface area (Å²) in [6.45, 7) is 1.93. The van der Waals surface area contributed by atoms with Crippen LogP contribution >= 0.6 is 11.3 Å². The summed E-state index contributed by atoms with van der Waals surface area (Å²) in [5.41, 5.74) is 6.27. The molecule has 3 heterocycles. The van der Waals surface area contributed by atoms with Crippen molar-refractivity contribution in [2.75, 3.05) is 6.54 Å². The van der Waals surface area contributed by atoms with E-state index in [1.165, 1.54) is 26.8 Å². The van der Waals surface area contributed by atoms with Gasteiger partial charge in [-0.25, -0.2) is 0 Å². The molecule has 4 heteroatoms. The summed E-state index contributed by atoms with van der Waals surface area (Å²) in [4.78, 5) is 0. The Hall–Kier alpha value is -2.56. The third kappa shape index (κ3) is 2.81. The molecule has 5 rings (SSSR count). The Morgan fingerprint density at radius 3 is 2.96 bits per heavy atom. The molecular formula is C22H19N3S. The molecule has 4 aromatic rings. The van der Waals surface area contributed by atoms with Gasteiger partial charge >= 0.3 is 0 Å². The van der Waals surface area contributed by atoms with Crippen molar-refractivity contribution in [1.29, 1.82) is 0 Å². The fourth-order valence-corrected chi connectivity index (χ4v) is 4.71. The van der Waals surface area contributed by atoms with Gasteiger partial charge in [0.2, 0.25) is 0 Å². The van der Waals surface area contributed by atoms with Crippen molar-refractivity contribution in [3.05, 3.63) is 82.9 Å². The highest BCUT2D eigenvalue weighted by molar-refractivity contribution is 7.17. The van der Waals surface area contributed by atoms with E-state index in [0.717, 1.165) is 30.8 Å². The molecule has 0 aliphatic carbocycles. The second-order valence-corrected chi connectivity index (χ2v) is 7.71. The minimum Gasteiger partial charge on any atom is -0.313 e. The number of rotatable bonds is 2. The summed E-state index contributed by atoms with van der Waals surface area (Å²) in [5, 5.41) is 15.4. The zero-order valence-electron chi connectivity index (χ0n) is 14.4. The van der Waals surface area contributed by atoms with E-state index in [4.69, 9.17) is 0 Å². The summed E-state index contributed by atoms with van der Waals surface area (Å²) < 4.78 is 1.37. The lowest BCUT2D eigenvalue weighted by molar-refractivity contribution is 0.647. The highest BCUT2D eigenvalue weighted by Crippen LogP contribution is 2.36. The first-order valence-corrected chi connectivity index (χ1v) is 9.85. The Bertz CT molecular complexity index is 1060. The van der Waals surface area contributed by atoms with Gasteiger partial charge in [-0.2, -0.15) is 10.2 Å². The first kappa shape index (κ1) is 15.7. The molecule has 1 aliphatic rings. The van der Waals surface area contributed by atoms with Crippen LogP contribution in [0, 0.1) is 0 Å². The number of aromatic nitrogens is 2. The molecule has 2 aromatic heterocycles. The highest BCUT2D eigenvalue weighted by Gasteiger charge is 2.21. The van der Waals surface area contributed by atoms with Crippen molar-refractivity contribution < 1.29 is 0 Å². The summed E-state index contributed by atoms with van der Waals surface area (Å²) in [5.74, 6) is 0.433. The molecule has 1 atom stereocenters. The number of hydrogen-bond donors (Lipinski definition) is 1. The molecule has 1 aliphatic heterocycles. The maximum Gasteiger partial charge on any atom is 0.0929 e. The molecular weight excluding hydrogens is 338 g/mol. The first-order chi connectivity index (χ1) is 12.9. The van der Waals surface area contributed by atoms with Crippen molar-refractivity contribution in [1.82, 2.24) is 15.5 Å². The van der Waals surface area contributed by atoms with Crippen LogP contribution in [0.3, 0.4) is 0 Å². The molecule has 0 amide bonds. The third-order valence-corrected chi connectivity index (χ3v) is 6.07. The van der Waals surface area contributed by atoms with Crippen LogP contribution in [-0.4, -0.2) is 16.7 Å². The number of nitrogens with zero attached hydrogens (tertiary/aromatic N) is 2. The van der Waals surface area contributed by atoms with E-state index in [1.807, 2.05) is 23.5 Å². The maximum atomic E-state index is 4.26. The summed E-state index contributed by atoms with van der Waals surface area (Å²) in [7, 11) is 0. The summed E-state index contributed by atoms with van der Waals surface area (Å²) >= 11 is 1.82. The molecule has 0 saturated heterocycles. The quantitative estimate of drug-likeness (QED) is 0.549. The predicted molar refractivity (Wildman–Crippen MR) is 107 cm³/mol. The monoisotopic (exact) mass is 357 g/mol. The second kappa shape index (κ2) is 6.63. The van der Waals surface area contributed by atoms with E-state index < -0.39 is 0 Å². The van der Waals surface area contributed by atoms with Crippen LogP contribution in [-0.2, 0) is 6.54 Å². The number of nitrogens with one attached hydrogen (secondary N) is 1. The Balaban J connectivity index is 1.59. The van der Waals surface area contributed by atoms with Gasteiger partial charge in [-0.1, -0.05) is 24.3 Å². The minimum absolute atomic E-state index is 0.433. The van der Waals surface area contributed by atoms with Crippen LogP contribution < -0.4 is 5.32 Å². The van der Waals surface area contributed by atoms with Gasteiger partial charge in [-0.3, -0.25) is 0 Å². The van der Waals surface area contributed by atoms with Gasteiger partial charge in [0.1, 0.15) is 0 Å². The number of hydrogen-bond acceptors (Lipinski definition) is 4. The molecule has 1 unspecified atom stereocenters. The standard InChI is InChI=1S/C22H19N3S/c1-2-21(25-24-9-1)17-5-6-19-18(12-17)14-23-10-7-20(19)16-4-3-15-8-11-26-22(15)13-16/h1-6,8-9,11-13,20,23H,7,10,14H2. The van der Waals surface area contributed by atoms with Crippen LogP contribution in [0.4, 0.5) is 0 Å². The Labute approximate surface area is 156 Å². The lowest BCUT2D eigenvalue weighted by atomic mass is 9.85. The average molecular weight is 357 g/mol. The molecule has 0 fully saturated rings. The third-order valence-electron chi connectivity index (χ3n) is 5.19. The van der Waals surface area contributed by atoms with Crippen LogP contribution in [0.1, 0.15) is 29.0 Å². The lowest BCUT2D eigenvalue weighted by Gasteiger charge is -2.19. The van der Waals surface area contributed by atoms with Crippen molar-refractivity contribution >= 4 is 21.4 Å². The molecule has 2 aromatic carbocycles. The van der Waals surface area contributed by atoms with Crippen LogP contribution in [0.5, 0.6) is 0 Å². The van der Waals surface area contributed by atoms with Gasteiger partial charge in [0.25, 0.3) is 0 Å². The molecule has 0 radical (unpaired) electrons. The number of thiophene rings is 1. The zero-order chi connectivity index (χ0) is 17.3. The van der Waals surface area contributed by atoms with E-state index in [1.54, 1.807) is 6.20 Å². The minimum atomic E-state index is 0.433. The molecule has 0 spiro atoms. The number of benzene rings is 2. The Morgan fingerprint density at radius 2 is 2.04 bits per heavy atom. The van der Waals surface area contributed by atoms with E-state index in [2.05, 4.69) is 63.4 Å². The highest BCUT2D eigenvalue weighted by atomic mass is 32.1. The van der Waals surface area contributed by atoms with Gasteiger partial charge in [-0.15, -0.1) is 11.3 Å². The average Bonchev–Trinajstić information content (AvgIpc) is 3.06. The lowest BCUT2D eigenvalue weighted by Crippen LogP contribution is -2.12. The molecule has 3 nitrogen and oxygen atoms in total. The molecule has 1 N–H and O–H groups in total. The van der Waals surface area contributed by atoms with Gasteiger partial charge in [0, 0.05) is 28.9 Å². The van der Waals surface area contributed by atoms with Crippen LogP contribution in [0.25, 0.3) is 21.3 Å². The maximum absolute atomic E-state index is 4.26. The van der Waals surface area contributed by atoms with Crippen molar-refractivity contribution in [3.63, 3.8) is 0 Å². The zero-order valence-corrected chi connectivity index (χ0v) is 15.2.